The van der Waals surface area contributed by atoms with Crippen molar-refractivity contribution in [3.8, 4) is 0 Å². The highest BCUT2D eigenvalue weighted by Gasteiger charge is 2.18. The van der Waals surface area contributed by atoms with Crippen molar-refractivity contribution in [3.05, 3.63) is 59.1 Å². The molecular formula is C19H21N5O5S3. The Bertz CT molecular complexity index is 1300. The number of anilines is 2. The number of carbonyl (C=O) groups excluding carboxylic acids is 1. The van der Waals surface area contributed by atoms with Crippen LogP contribution in [0.4, 0.5) is 10.8 Å². The molecule has 2 aromatic carbocycles. The summed E-state index contributed by atoms with van der Waals surface area (Å²) in [6.45, 7) is 3.31. The molecule has 0 unspecified atom stereocenters. The SMILES string of the molecule is CC(=O)Nc1ccc(S(=O)(=O)Nc2nnc(CCNS(=O)(=O)c3ccc(C)cc3)s2)cc1. The van der Waals surface area contributed by atoms with Gasteiger partial charge in [-0.15, -0.1) is 10.2 Å². The van der Waals surface area contributed by atoms with Crippen LogP contribution in [0.25, 0.3) is 0 Å². The molecule has 0 aliphatic carbocycles. The van der Waals surface area contributed by atoms with Gasteiger partial charge in [0.05, 0.1) is 9.79 Å². The summed E-state index contributed by atoms with van der Waals surface area (Å²) in [5, 5.41) is 10.8. The molecule has 0 bridgehead atoms. The van der Waals surface area contributed by atoms with Crippen LogP contribution in [0.5, 0.6) is 0 Å². The van der Waals surface area contributed by atoms with E-state index in [4.69, 9.17) is 0 Å². The van der Waals surface area contributed by atoms with Gasteiger partial charge in [-0.3, -0.25) is 9.52 Å². The van der Waals surface area contributed by atoms with Crippen LogP contribution in [0.2, 0.25) is 0 Å². The van der Waals surface area contributed by atoms with E-state index in [2.05, 4.69) is 25.0 Å². The first-order chi connectivity index (χ1) is 15.0. The molecule has 32 heavy (non-hydrogen) atoms. The number of sulfonamides is 2. The highest BCUT2D eigenvalue weighted by atomic mass is 32.2. The molecule has 10 nitrogen and oxygen atoms in total. The first kappa shape index (κ1) is 23.8. The molecule has 3 aromatic rings. The number of amides is 1. The molecule has 1 amide bonds. The quantitative estimate of drug-likeness (QED) is 0.412. The van der Waals surface area contributed by atoms with Crippen molar-refractivity contribution in [1.29, 1.82) is 0 Å². The van der Waals surface area contributed by atoms with Crippen LogP contribution in [0, 0.1) is 6.92 Å². The lowest BCUT2D eigenvalue weighted by Crippen LogP contribution is -2.25. The Kier molecular flexibility index (Phi) is 7.23. The Morgan fingerprint density at radius 1 is 0.906 bits per heavy atom. The van der Waals surface area contributed by atoms with E-state index >= 15 is 0 Å². The number of aryl methyl sites for hydroxylation is 1. The molecule has 0 saturated heterocycles. The number of carbonyl (C=O) groups is 1. The first-order valence-electron chi connectivity index (χ1n) is 9.34. The summed E-state index contributed by atoms with van der Waals surface area (Å²) < 4.78 is 54.5. The van der Waals surface area contributed by atoms with Crippen LogP contribution < -0.4 is 14.8 Å². The lowest BCUT2D eigenvalue weighted by atomic mass is 10.2. The molecule has 13 heteroatoms. The molecule has 0 aliphatic rings. The van der Waals surface area contributed by atoms with Crippen LogP contribution in [0.3, 0.4) is 0 Å². The maximum absolute atomic E-state index is 12.5. The summed E-state index contributed by atoms with van der Waals surface area (Å²) in [6, 6.07) is 12.1. The van der Waals surface area contributed by atoms with Crippen molar-refractivity contribution < 1.29 is 21.6 Å². The van der Waals surface area contributed by atoms with Gasteiger partial charge < -0.3 is 5.32 Å². The van der Waals surface area contributed by atoms with Gasteiger partial charge in [0.15, 0.2) is 0 Å². The predicted octanol–water partition coefficient (Wildman–Crippen LogP) is 2.13. The number of hydrogen-bond acceptors (Lipinski definition) is 8. The predicted molar refractivity (Wildman–Crippen MR) is 122 cm³/mol. The fourth-order valence-corrected chi connectivity index (χ4v) is 5.58. The standard InChI is InChI=1S/C19H21N5O5S3/c1-13-3-7-16(8-4-13)31(26,27)20-12-11-18-22-23-19(30-18)24-32(28,29)17-9-5-15(6-10-17)21-14(2)25/h3-10,20H,11-12H2,1-2H3,(H,21,25)(H,23,24). The van der Waals surface area contributed by atoms with Gasteiger partial charge >= 0.3 is 0 Å². The molecule has 3 N–H and O–H groups in total. The van der Waals surface area contributed by atoms with E-state index in [0.29, 0.717) is 10.7 Å². The average molecular weight is 496 g/mol. The highest BCUT2D eigenvalue weighted by molar-refractivity contribution is 7.93. The van der Waals surface area contributed by atoms with Crippen molar-refractivity contribution in [3.63, 3.8) is 0 Å². The normalized spacial score (nSPS) is 11.8. The number of nitrogens with zero attached hydrogens (tertiary/aromatic N) is 2. The van der Waals surface area contributed by atoms with Crippen molar-refractivity contribution in [2.45, 2.75) is 30.1 Å². The summed E-state index contributed by atoms with van der Waals surface area (Å²) in [5.41, 5.74) is 1.43. The van der Waals surface area contributed by atoms with E-state index in [1.807, 2.05) is 6.92 Å². The minimum atomic E-state index is -3.89. The second-order valence-corrected chi connectivity index (χ2v) is 11.3. The Balaban J connectivity index is 1.58. The summed E-state index contributed by atoms with van der Waals surface area (Å²) in [4.78, 5) is 11.2. The third-order valence-electron chi connectivity index (χ3n) is 4.14. The monoisotopic (exact) mass is 495 g/mol. The third kappa shape index (κ3) is 6.32. The Hall–Kier alpha value is -2.87. The molecule has 170 valence electrons. The Morgan fingerprint density at radius 3 is 2.12 bits per heavy atom. The maximum atomic E-state index is 12.5. The second kappa shape index (κ2) is 9.73. The van der Waals surface area contributed by atoms with Crippen molar-refractivity contribution >= 4 is 48.1 Å². The van der Waals surface area contributed by atoms with Crippen molar-refractivity contribution in [2.75, 3.05) is 16.6 Å². The van der Waals surface area contributed by atoms with E-state index in [9.17, 15) is 21.6 Å². The van der Waals surface area contributed by atoms with Crippen LogP contribution in [-0.4, -0.2) is 39.5 Å². The molecule has 0 aliphatic heterocycles. The van der Waals surface area contributed by atoms with Crippen molar-refractivity contribution in [2.24, 2.45) is 0 Å². The van der Waals surface area contributed by atoms with Gasteiger partial charge in [-0.1, -0.05) is 29.0 Å². The molecule has 0 spiro atoms. The molecule has 0 fully saturated rings. The smallest absolute Gasteiger partial charge is 0.263 e. The lowest BCUT2D eigenvalue weighted by Gasteiger charge is -2.06. The zero-order chi connectivity index (χ0) is 23.4. The van der Waals surface area contributed by atoms with Gasteiger partial charge in [0.2, 0.25) is 21.1 Å². The van der Waals surface area contributed by atoms with Crippen molar-refractivity contribution in [1.82, 2.24) is 14.9 Å². The molecule has 0 radical (unpaired) electrons. The van der Waals surface area contributed by atoms with Crippen LogP contribution in [0.15, 0.2) is 58.3 Å². The first-order valence-corrected chi connectivity index (χ1v) is 13.1. The number of hydrogen-bond donors (Lipinski definition) is 3. The average Bonchev–Trinajstić information content (AvgIpc) is 3.14. The molecule has 1 aromatic heterocycles. The van der Waals surface area contributed by atoms with Crippen LogP contribution in [0.1, 0.15) is 17.5 Å². The molecule has 1 heterocycles. The maximum Gasteiger partial charge on any atom is 0.263 e. The largest absolute Gasteiger partial charge is 0.326 e. The second-order valence-electron chi connectivity index (χ2n) is 6.77. The molecule has 0 atom stereocenters. The van der Waals surface area contributed by atoms with Crippen LogP contribution >= 0.6 is 11.3 Å². The Morgan fingerprint density at radius 2 is 1.50 bits per heavy atom. The fourth-order valence-electron chi connectivity index (χ4n) is 2.58. The van der Waals surface area contributed by atoms with E-state index in [-0.39, 0.29) is 33.8 Å². The summed E-state index contributed by atoms with van der Waals surface area (Å²) in [7, 11) is -7.54. The minimum Gasteiger partial charge on any atom is -0.326 e. The summed E-state index contributed by atoms with van der Waals surface area (Å²) in [6.07, 6.45) is 0.246. The number of rotatable bonds is 9. The van der Waals surface area contributed by atoms with E-state index in [1.165, 1.54) is 43.3 Å². The van der Waals surface area contributed by atoms with Crippen LogP contribution in [-0.2, 0) is 31.3 Å². The van der Waals surface area contributed by atoms with Gasteiger partial charge in [0.1, 0.15) is 5.01 Å². The van der Waals surface area contributed by atoms with Gasteiger partial charge in [0.25, 0.3) is 10.0 Å². The van der Waals surface area contributed by atoms with E-state index in [1.54, 1.807) is 12.1 Å². The zero-order valence-corrected chi connectivity index (χ0v) is 19.6. The van der Waals surface area contributed by atoms with Gasteiger partial charge in [-0.25, -0.2) is 21.6 Å². The molecular weight excluding hydrogens is 474 g/mol. The number of benzene rings is 2. The number of nitrogens with one attached hydrogen (secondary N) is 3. The zero-order valence-electron chi connectivity index (χ0n) is 17.2. The van der Waals surface area contributed by atoms with E-state index in [0.717, 1.165) is 16.9 Å². The van der Waals surface area contributed by atoms with Gasteiger partial charge in [0, 0.05) is 25.6 Å². The van der Waals surface area contributed by atoms with Gasteiger partial charge in [-0.05, 0) is 43.3 Å². The number of aromatic nitrogens is 2. The highest BCUT2D eigenvalue weighted by Crippen LogP contribution is 2.21. The third-order valence-corrected chi connectivity index (χ3v) is 8.00. The summed E-state index contributed by atoms with van der Waals surface area (Å²) >= 11 is 1.01. The van der Waals surface area contributed by atoms with E-state index < -0.39 is 20.0 Å². The summed E-state index contributed by atoms with van der Waals surface area (Å²) in [5.74, 6) is -0.263. The minimum absolute atomic E-state index is 0.00536. The lowest BCUT2D eigenvalue weighted by molar-refractivity contribution is -0.114. The molecule has 3 rings (SSSR count). The Labute approximate surface area is 190 Å². The van der Waals surface area contributed by atoms with Gasteiger partial charge in [-0.2, -0.15) is 0 Å². The topological polar surface area (TPSA) is 147 Å². The fraction of sp³-hybridized carbons (Fsp3) is 0.211. The molecule has 0 saturated carbocycles.